The predicted octanol–water partition coefficient (Wildman–Crippen LogP) is 12.5. The minimum Gasteiger partial charge on any atom is -0.457 e. The Balaban J connectivity index is 1.11. The second-order valence-electron chi connectivity index (χ2n) is 14.7. The van der Waals surface area contributed by atoms with Crippen LogP contribution >= 0.6 is 0 Å². The summed E-state index contributed by atoms with van der Waals surface area (Å²) in [6, 6.07) is 69.2. The summed E-state index contributed by atoms with van der Waals surface area (Å²) >= 11 is 0. The molecule has 0 amide bonds. The number of hydrogen-bond acceptors (Lipinski definition) is 5. The highest BCUT2D eigenvalue weighted by Gasteiger charge is 2.51. The van der Waals surface area contributed by atoms with E-state index in [9.17, 15) is 5.26 Å². The number of nitrogens with zero attached hydrogens (tertiary/aromatic N) is 4. The van der Waals surface area contributed by atoms with Crippen molar-refractivity contribution >= 4 is 0 Å². The normalized spacial score (nSPS) is 14.4. The van der Waals surface area contributed by atoms with Gasteiger partial charge in [0.15, 0.2) is 17.5 Å². The molecule has 11 rings (SSSR count). The van der Waals surface area contributed by atoms with Gasteiger partial charge in [0.05, 0.1) is 17.0 Å². The molecule has 8 aromatic carbocycles. The lowest BCUT2D eigenvalue weighted by molar-refractivity contribution is 0.436. The number of rotatable bonds is 5. The summed E-state index contributed by atoms with van der Waals surface area (Å²) < 4.78 is 6.77. The summed E-state index contributed by atoms with van der Waals surface area (Å²) in [5.74, 6) is 3.51. The van der Waals surface area contributed by atoms with Crippen LogP contribution in [0.2, 0.25) is 0 Å². The molecule has 2 aliphatic rings. The van der Waals surface area contributed by atoms with Gasteiger partial charge in [0, 0.05) is 27.8 Å². The van der Waals surface area contributed by atoms with Crippen LogP contribution in [-0.2, 0) is 5.41 Å². The van der Waals surface area contributed by atoms with E-state index >= 15 is 0 Å². The molecule has 270 valence electrons. The van der Waals surface area contributed by atoms with Gasteiger partial charge in [-0.05, 0) is 80.9 Å². The van der Waals surface area contributed by atoms with Crippen LogP contribution < -0.4 is 4.74 Å². The number of fused-ring (bicyclic) bond motifs is 9. The van der Waals surface area contributed by atoms with Crippen LogP contribution in [0.25, 0.3) is 67.5 Å². The van der Waals surface area contributed by atoms with Gasteiger partial charge in [-0.2, -0.15) is 5.26 Å². The van der Waals surface area contributed by atoms with E-state index in [1.54, 1.807) is 0 Å². The van der Waals surface area contributed by atoms with E-state index in [1.165, 1.54) is 16.7 Å². The molecule has 0 radical (unpaired) electrons. The third kappa shape index (κ3) is 5.27. The highest BCUT2D eigenvalue weighted by molar-refractivity contribution is 5.91. The Morgan fingerprint density at radius 1 is 0.362 bits per heavy atom. The zero-order chi connectivity index (χ0) is 38.6. The van der Waals surface area contributed by atoms with Gasteiger partial charge in [0.25, 0.3) is 0 Å². The van der Waals surface area contributed by atoms with Gasteiger partial charge in [-0.25, -0.2) is 15.0 Å². The average Bonchev–Trinajstić information content (AvgIpc) is 3.59. The van der Waals surface area contributed by atoms with Crippen molar-refractivity contribution in [3.63, 3.8) is 0 Å². The maximum absolute atomic E-state index is 9.28. The van der Waals surface area contributed by atoms with Gasteiger partial charge in [-0.3, -0.25) is 0 Å². The standard InChI is InChI=1S/C53H32N4O/c54-33-34-19-21-35(22-20-34)36-23-25-37(26-24-36)40-28-30-49-47(31-40)53(45-17-9-10-18-48(45)58-49)44-16-8-7-15-42(44)43-29-27-41(32-46(43)53)52-56-50(38-11-3-1-4-12-38)55-51(57-52)39-13-5-2-6-14-39/h1-32H. The fourth-order valence-electron chi connectivity index (χ4n) is 8.75. The molecule has 1 aliphatic carbocycles. The molecule has 5 nitrogen and oxygen atoms in total. The molecule has 0 N–H and O–H groups in total. The molecule has 2 heterocycles. The Hall–Kier alpha value is -7.94. The van der Waals surface area contributed by atoms with Crippen LogP contribution in [0.15, 0.2) is 194 Å². The summed E-state index contributed by atoms with van der Waals surface area (Å²) in [6.45, 7) is 0. The molecule has 58 heavy (non-hydrogen) atoms. The predicted molar refractivity (Wildman–Crippen MR) is 229 cm³/mol. The van der Waals surface area contributed by atoms with Crippen molar-refractivity contribution in [2.75, 3.05) is 0 Å². The molecule has 0 saturated heterocycles. The molecule has 1 spiro atoms. The Morgan fingerprint density at radius 3 is 1.48 bits per heavy atom. The zero-order valence-corrected chi connectivity index (χ0v) is 31.2. The topological polar surface area (TPSA) is 71.7 Å². The monoisotopic (exact) mass is 740 g/mol. The first kappa shape index (κ1) is 33.4. The quantitative estimate of drug-likeness (QED) is 0.176. The molecule has 1 unspecified atom stereocenters. The fourth-order valence-corrected chi connectivity index (χ4v) is 8.75. The number of aromatic nitrogens is 3. The molecule has 5 heteroatoms. The van der Waals surface area contributed by atoms with E-state index in [-0.39, 0.29) is 0 Å². The summed E-state index contributed by atoms with van der Waals surface area (Å²) in [5, 5.41) is 9.28. The first-order chi connectivity index (χ1) is 28.7. The fraction of sp³-hybridized carbons (Fsp3) is 0.0189. The van der Waals surface area contributed by atoms with Gasteiger partial charge < -0.3 is 4.74 Å². The summed E-state index contributed by atoms with van der Waals surface area (Å²) in [6.07, 6.45) is 0. The van der Waals surface area contributed by atoms with Crippen LogP contribution in [0.3, 0.4) is 0 Å². The molecule has 1 atom stereocenters. The van der Waals surface area contributed by atoms with E-state index in [2.05, 4.69) is 109 Å². The summed E-state index contributed by atoms with van der Waals surface area (Å²) in [5.41, 5.74) is 14.0. The third-order valence-electron chi connectivity index (χ3n) is 11.5. The summed E-state index contributed by atoms with van der Waals surface area (Å²) in [7, 11) is 0. The molecular weight excluding hydrogens is 709 g/mol. The maximum atomic E-state index is 9.28. The number of nitriles is 1. The van der Waals surface area contributed by atoms with Crippen molar-refractivity contribution in [1.82, 2.24) is 15.0 Å². The van der Waals surface area contributed by atoms with Crippen LogP contribution in [0.1, 0.15) is 27.8 Å². The van der Waals surface area contributed by atoms with Crippen molar-refractivity contribution in [3.05, 3.63) is 222 Å². The number of ether oxygens (including phenoxy) is 1. The van der Waals surface area contributed by atoms with Gasteiger partial charge in [-0.1, -0.05) is 158 Å². The van der Waals surface area contributed by atoms with E-state index in [0.29, 0.717) is 23.0 Å². The van der Waals surface area contributed by atoms with Gasteiger partial charge in [0.1, 0.15) is 11.5 Å². The van der Waals surface area contributed by atoms with Crippen molar-refractivity contribution in [2.45, 2.75) is 5.41 Å². The van der Waals surface area contributed by atoms with E-state index < -0.39 is 5.41 Å². The first-order valence-corrected chi connectivity index (χ1v) is 19.3. The molecule has 0 bridgehead atoms. The molecule has 0 saturated carbocycles. The van der Waals surface area contributed by atoms with Crippen molar-refractivity contribution in [1.29, 1.82) is 5.26 Å². The van der Waals surface area contributed by atoms with Crippen molar-refractivity contribution in [3.8, 4) is 85.1 Å². The SMILES string of the molecule is N#Cc1ccc(-c2ccc(-c3ccc4c(c3)C3(c5ccccc5O4)c4ccccc4-c4ccc(-c5nc(-c6ccccc6)nc(-c6ccccc6)n5)cc43)cc2)cc1. The number of para-hydroxylation sites is 1. The molecule has 1 aromatic heterocycles. The highest BCUT2D eigenvalue weighted by Crippen LogP contribution is 2.62. The van der Waals surface area contributed by atoms with E-state index in [0.717, 1.165) is 67.1 Å². The van der Waals surface area contributed by atoms with Crippen molar-refractivity contribution in [2.24, 2.45) is 0 Å². The Bertz CT molecular complexity index is 3020. The average molecular weight is 741 g/mol. The Kier molecular flexibility index (Phi) is 7.70. The second-order valence-corrected chi connectivity index (χ2v) is 14.7. The highest BCUT2D eigenvalue weighted by atomic mass is 16.5. The molecular formula is C53H32N4O. The molecule has 9 aromatic rings. The zero-order valence-electron chi connectivity index (χ0n) is 31.2. The summed E-state index contributed by atoms with van der Waals surface area (Å²) in [4.78, 5) is 15.2. The third-order valence-corrected chi connectivity index (χ3v) is 11.5. The van der Waals surface area contributed by atoms with Gasteiger partial charge >= 0.3 is 0 Å². The Morgan fingerprint density at radius 2 is 0.828 bits per heavy atom. The molecule has 1 aliphatic heterocycles. The van der Waals surface area contributed by atoms with Crippen molar-refractivity contribution < 1.29 is 4.74 Å². The van der Waals surface area contributed by atoms with Gasteiger partial charge in [0.2, 0.25) is 0 Å². The largest absolute Gasteiger partial charge is 0.457 e. The maximum Gasteiger partial charge on any atom is 0.164 e. The lowest BCUT2D eigenvalue weighted by Crippen LogP contribution is -2.32. The second kappa shape index (κ2) is 13.4. The lowest BCUT2D eigenvalue weighted by atomic mass is 9.65. The Labute approximate surface area is 336 Å². The smallest absolute Gasteiger partial charge is 0.164 e. The minimum atomic E-state index is -0.692. The lowest BCUT2D eigenvalue weighted by Gasteiger charge is -2.39. The van der Waals surface area contributed by atoms with E-state index in [4.69, 9.17) is 19.7 Å². The minimum absolute atomic E-state index is 0.610. The number of hydrogen-bond donors (Lipinski definition) is 0. The van der Waals surface area contributed by atoms with Crippen LogP contribution in [-0.4, -0.2) is 15.0 Å². The number of benzene rings is 8. The van der Waals surface area contributed by atoms with Gasteiger partial charge in [-0.15, -0.1) is 0 Å². The van der Waals surface area contributed by atoms with E-state index in [1.807, 2.05) is 91.0 Å². The van der Waals surface area contributed by atoms with Crippen LogP contribution in [0.4, 0.5) is 0 Å². The molecule has 0 fully saturated rings. The first-order valence-electron chi connectivity index (χ1n) is 19.3. The van der Waals surface area contributed by atoms with Crippen LogP contribution in [0, 0.1) is 11.3 Å². The van der Waals surface area contributed by atoms with Crippen LogP contribution in [0.5, 0.6) is 11.5 Å².